The molecule has 1 aliphatic carbocycles. The number of hydrogen-bond donors (Lipinski definition) is 1. The van der Waals surface area contributed by atoms with E-state index < -0.39 is 0 Å². The summed E-state index contributed by atoms with van der Waals surface area (Å²) >= 11 is 0. The first-order valence-corrected chi connectivity index (χ1v) is 10.2. The van der Waals surface area contributed by atoms with E-state index in [1.165, 1.54) is 24.0 Å². The van der Waals surface area contributed by atoms with Crippen molar-refractivity contribution in [3.63, 3.8) is 0 Å². The normalized spacial score (nSPS) is 24.0. The topological polar surface area (TPSA) is 41.6 Å². The Morgan fingerprint density at radius 2 is 1.96 bits per heavy atom. The Kier molecular flexibility index (Phi) is 4.50. The van der Waals surface area contributed by atoms with E-state index in [-0.39, 0.29) is 16.9 Å². The Bertz CT molecular complexity index is 685. The fourth-order valence-electron chi connectivity index (χ4n) is 4.26. The van der Waals surface area contributed by atoms with Crippen LogP contribution in [0.25, 0.3) is 0 Å². The van der Waals surface area contributed by atoms with E-state index in [1.807, 2.05) is 0 Å². The number of amides is 1. The Balaban J connectivity index is 1.27. The van der Waals surface area contributed by atoms with Gasteiger partial charge in [-0.2, -0.15) is 0 Å². The first-order valence-electron chi connectivity index (χ1n) is 10.2. The van der Waals surface area contributed by atoms with E-state index in [0.717, 1.165) is 51.2 Å². The van der Waals surface area contributed by atoms with Gasteiger partial charge in [-0.15, -0.1) is 0 Å². The highest BCUT2D eigenvalue weighted by Gasteiger charge is 2.44. The monoisotopic (exact) mass is 356 g/mol. The summed E-state index contributed by atoms with van der Waals surface area (Å²) < 4.78 is 6.22. The molecule has 26 heavy (non-hydrogen) atoms. The molecule has 142 valence electrons. The third-order valence-corrected chi connectivity index (χ3v) is 6.37. The molecule has 4 nitrogen and oxygen atoms in total. The minimum atomic E-state index is -0.0815. The van der Waals surface area contributed by atoms with Crippen molar-refractivity contribution >= 4 is 5.91 Å². The van der Waals surface area contributed by atoms with Gasteiger partial charge in [-0.05, 0) is 64.1 Å². The van der Waals surface area contributed by atoms with Crippen LogP contribution < -0.4 is 10.1 Å². The smallest absolute Gasteiger partial charge is 0.225 e. The molecule has 0 unspecified atom stereocenters. The van der Waals surface area contributed by atoms with E-state index in [1.54, 1.807) is 0 Å². The molecule has 1 N–H and O–H groups in total. The van der Waals surface area contributed by atoms with E-state index in [4.69, 9.17) is 4.74 Å². The molecule has 0 aromatic heterocycles. The minimum Gasteiger partial charge on any atom is -0.487 e. The number of piperidine rings is 1. The molecule has 2 fully saturated rings. The predicted octanol–water partition coefficient (Wildman–Crippen LogP) is 3.53. The van der Waals surface area contributed by atoms with Crippen molar-refractivity contribution in [3.8, 4) is 5.75 Å². The lowest BCUT2D eigenvalue weighted by Crippen LogP contribution is -2.40. The van der Waals surface area contributed by atoms with Crippen LogP contribution in [0, 0.1) is 11.3 Å². The lowest BCUT2D eigenvalue weighted by Gasteiger charge is -2.32. The van der Waals surface area contributed by atoms with E-state index in [9.17, 15) is 4.79 Å². The fraction of sp³-hybridized carbons (Fsp3) is 0.682. The minimum absolute atomic E-state index is 0.0534. The van der Waals surface area contributed by atoms with Crippen LogP contribution in [0.1, 0.15) is 57.6 Å². The first-order chi connectivity index (χ1) is 12.3. The summed E-state index contributed by atoms with van der Waals surface area (Å²) in [5.41, 5.74) is 2.53. The fourth-order valence-corrected chi connectivity index (χ4v) is 4.26. The highest BCUT2D eigenvalue weighted by Crippen LogP contribution is 2.45. The number of fused-ring (bicyclic) bond motifs is 1. The van der Waals surface area contributed by atoms with E-state index in [0.29, 0.717) is 5.92 Å². The molecule has 0 spiro atoms. The molecule has 2 heterocycles. The molecule has 1 aromatic carbocycles. The number of rotatable bonds is 5. The maximum Gasteiger partial charge on any atom is 0.225 e. The number of likely N-dealkylation sites (tertiary alicyclic amines) is 1. The number of nitrogens with zero attached hydrogens (tertiary/aromatic N) is 1. The van der Waals surface area contributed by atoms with Crippen LogP contribution in [0.3, 0.4) is 0 Å². The molecule has 1 saturated carbocycles. The summed E-state index contributed by atoms with van der Waals surface area (Å²) in [5, 5.41) is 3.18. The zero-order valence-electron chi connectivity index (χ0n) is 16.4. The number of para-hydroxylation sites is 1. The van der Waals surface area contributed by atoms with Gasteiger partial charge in [-0.25, -0.2) is 0 Å². The second-order valence-corrected chi connectivity index (χ2v) is 9.43. The lowest BCUT2D eigenvalue weighted by atomic mass is 9.95. The number of carbonyl (C=O) groups excluding carboxylic acids is 1. The quantitative estimate of drug-likeness (QED) is 0.877. The van der Waals surface area contributed by atoms with Gasteiger partial charge in [0.1, 0.15) is 11.4 Å². The third kappa shape index (κ3) is 3.75. The Morgan fingerprint density at radius 1 is 1.23 bits per heavy atom. The number of nitrogens with one attached hydrogen (secondary N) is 1. The number of benzene rings is 1. The average Bonchev–Trinajstić information content (AvgIpc) is 3.26. The molecule has 0 radical (unpaired) electrons. The van der Waals surface area contributed by atoms with Crippen LogP contribution in [0.4, 0.5) is 0 Å². The molecular weight excluding hydrogens is 324 g/mol. The summed E-state index contributed by atoms with van der Waals surface area (Å²) in [6, 6.07) is 6.57. The van der Waals surface area contributed by atoms with E-state index in [2.05, 4.69) is 49.2 Å². The van der Waals surface area contributed by atoms with Crippen molar-refractivity contribution in [1.82, 2.24) is 10.2 Å². The molecule has 4 rings (SSSR count). The van der Waals surface area contributed by atoms with Crippen LogP contribution in [0.5, 0.6) is 5.75 Å². The van der Waals surface area contributed by atoms with Gasteiger partial charge >= 0.3 is 0 Å². The molecule has 0 bridgehead atoms. The van der Waals surface area contributed by atoms with Gasteiger partial charge in [0, 0.05) is 30.5 Å². The lowest BCUT2D eigenvalue weighted by molar-refractivity contribution is -0.126. The molecular formula is C22H32N2O2. The molecule has 2 aliphatic heterocycles. The van der Waals surface area contributed by atoms with Crippen molar-refractivity contribution in [2.24, 2.45) is 11.3 Å². The molecule has 1 amide bonds. The van der Waals surface area contributed by atoms with Crippen molar-refractivity contribution in [3.05, 3.63) is 29.3 Å². The van der Waals surface area contributed by atoms with Crippen molar-refractivity contribution < 1.29 is 9.53 Å². The molecule has 0 atom stereocenters. The maximum absolute atomic E-state index is 12.1. The second-order valence-electron chi connectivity index (χ2n) is 9.43. The van der Waals surface area contributed by atoms with Crippen LogP contribution in [0.15, 0.2) is 18.2 Å². The zero-order chi connectivity index (χ0) is 18.4. The molecule has 1 aromatic rings. The van der Waals surface area contributed by atoms with Crippen molar-refractivity contribution in [2.75, 3.05) is 19.6 Å². The van der Waals surface area contributed by atoms with Gasteiger partial charge in [-0.1, -0.05) is 25.1 Å². The first kappa shape index (κ1) is 17.8. The highest BCUT2D eigenvalue weighted by molar-refractivity contribution is 5.84. The van der Waals surface area contributed by atoms with Gasteiger partial charge in [-0.3, -0.25) is 9.69 Å². The Hall–Kier alpha value is -1.55. The zero-order valence-corrected chi connectivity index (χ0v) is 16.4. The van der Waals surface area contributed by atoms with Gasteiger partial charge in [0.15, 0.2) is 0 Å². The SMILES string of the molecule is CC1(C)Cc2cccc(CN3CCC(CNC(=O)C4(C)CC4)CC3)c2O1. The predicted molar refractivity (Wildman–Crippen MR) is 103 cm³/mol. The van der Waals surface area contributed by atoms with Gasteiger partial charge in [0.25, 0.3) is 0 Å². The highest BCUT2D eigenvalue weighted by atomic mass is 16.5. The van der Waals surface area contributed by atoms with Gasteiger partial charge < -0.3 is 10.1 Å². The number of carbonyl (C=O) groups is 1. The van der Waals surface area contributed by atoms with Crippen molar-refractivity contribution in [1.29, 1.82) is 0 Å². The third-order valence-electron chi connectivity index (χ3n) is 6.37. The molecule has 4 heteroatoms. The van der Waals surface area contributed by atoms with Crippen molar-refractivity contribution in [2.45, 2.75) is 65.0 Å². The average molecular weight is 357 g/mol. The standard InChI is InChI=1S/C22H32N2O2/c1-21(2)13-17-5-4-6-18(19(17)26-21)15-24-11-7-16(8-12-24)14-23-20(25)22(3)9-10-22/h4-6,16H,7-15H2,1-3H3,(H,23,25). The Morgan fingerprint density at radius 3 is 2.65 bits per heavy atom. The summed E-state index contributed by atoms with van der Waals surface area (Å²) in [5.74, 6) is 2.00. The maximum atomic E-state index is 12.1. The van der Waals surface area contributed by atoms with Crippen LogP contribution in [-0.2, 0) is 17.8 Å². The molecule has 3 aliphatic rings. The van der Waals surface area contributed by atoms with Gasteiger partial charge in [0.2, 0.25) is 5.91 Å². The summed E-state index contributed by atoms with van der Waals surface area (Å²) in [6.07, 6.45) is 5.43. The van der Waals surface area contributed by atoms with Crippen LogP contribution in [-0.4, -0.2) is 36.0 Å². The van der Waals surface area contributed by atoms with E-state index >= 15 is 0 Å². The van der Waals surface area contributed by atoms with Crippen LogP contribution >= 0.6 is 0 Å². The largest absolute Gasteiger partial charge is 0.487 e. The summed E-state index contributed by atoms with van der Waals surface area (Å²) in [4.78, 5) is 14.6. The van der Waals surface area contributed by atoms with Gasteiger partial charge in [0.05, 0.1) is 0 Å². The second kappa shape index (κ2) is 6.56. The van der Waals surface area contributed by atoms with Crippen LogP contribution in [0.2, 0.25) is 0 Å². The number of ether oxygens (including phenoxy) is 1. The summed E-state index contributed by atoms with van der Waals surface area (Å²) in [7, 11) is 0. The Labute approximate surface area is 157 Å². The molecule has 1 saturated heterocycles. The summed E-state index contributed by atoms with van der Waals surface area (Å²) in [6.45, 7) is 10.4. The number of hydrogen-bond acceptors (Lipinski definition) is 3.